The Labute approximate surface area is 102 Å². The minimum atomic E-state index is 0.541. The second-order valence-electron chi connectivity index (χ2n) is 5.58. The van der Waals surface area contributed by atoms with Gasteiger partial charge in [-0.05, 0) is 61.9 Å². The molecule has 0 saturated heterocycles. The van der Waals surface area contributed by atoms with Crippen molar-refractivity contribution in [3.05, 3.63) is 22.4 Å². The highest BCUT2D eigenvalue weighted by molar-refractivity contribution is 7.10. The van der Waals surface area contributed by atoms with Gasteiger partial charge in [-0.15, -0.1) is 11.3 Å². The van der Waals surface area contributed by atoms with Gasteiger partial charge in [0, 0.05) is 10.9 Å². The first-order valence-corrected chi connectivity index (χ1v) is 7.47. The number of thiophene rings is 1. The zero-order chi connectivity index (χ0) is 11.0. The quantitative estimate of drug-likeness (QED) is 0.836. The molecule has 0 aliphatic heterocycles. The topological polar surface area (TPSA) is 12.0 Å². The highest BCUT2D eigenvalue weighted by atomic mass is 32.1. The first-order chi connectivity index (χ1) is 7.83. The number of hydrogen-bond acceptors (Lipinski definition) is 2. The van der Waals surface area contributed by atoms with Crippen molar-refractivity contribution in [1.82, 2.24) is 5.32 Å². The summed E-state index contributed by atoms with van der Waals surface area (Å²) in [5, 5.41) is 5.89. The molecule has 2 bridgehead atoms. The van der Waals surface area contributed by atoms with Crippen LogP contribution < -0.4 is 5.32 Å². The summed E-state index contributed by atoms with van der Waals surface area (Å²) in [4.78, 5) is 1.48. The highest BCUT2D eigenvalue weighted by Crippen LogP contribution is 2.48. The van der Waals surface area contributed by atoms with Crippen LogP contribution in [0.4, 0.5) is 0 Å². The number of hydrogen-bond donors (Lipinski definition) is 1. The Balaban J connectivity index is 1.50. The summed E-state index contributed by atoms with van der Waals surface area (Å²) in [5.41, 5.74) is 0. The Hall–Kier alpha value is -0.340. The third-order valence-corrected chi connectivity index (χ3v) is 5.60. The zero-order valence-corrected chi connectivity index (χ0v) is 10.8. The summed E-state index contributed by atoms with van der Waals surface area (Å²) >= 11 is 1.87. The normalized spacial score (nSPS) is 34.4. The van der Waals surface area contributed by atoms with Crippen LogP contribution in [0.15, 0.2) is 17.5 Å². The predicted octanol–water partition coefficient (Wildman–Crippen LogP) is 3.83. The van der Waals surface area contributed by atoms with Crippen molar-refractivity contribution in [3.8, 4) is 0 Å². The van der Waals surface area contributed by atoms with Gasteiger partial charge in [-0.1, -0.05) is 12.5 Å². The van der Waals surface area contributed by atoms with Crippen LogP contribution in [0.25, 0.3) is 0 Å². The van der Waals surface area contributed by atoms with Crippen molar-refractivity contribution in [2.45, 2.75) is 38.6 Å². The lowest BCUT2D eigenvalue weighted by Crippen LogP contribution is -2.28. The Kier molecular flexibility index (Phi) is 3.03. The molecule has 88 valence electrons. The second-order valence-corrected chi connectivity index (χ2v) is 6.56. The lowest BCUT2D eigenvalue weighted by atomic mass is 9.89. The molecular formula is C14H21NS. The lowest BCUT2D eigenvalue weighted by molar-refractivity contribution is 0.310. The van der Waals surface area contributed by atoms with Crippen LogP contribution in [-0.2, 0) is 0 Å². The summed E-state index contributed by atoms with van der Waals surface area (Å²) in [6.45, 7) is 3.53. The SMILES string of the molecule is CC(NCC1CC2CCC1C2)c1cccs1. The van der Waals surface area contributed by atoms with Gasteiger partial charge < -0.3 is 5.32 Å². The molecule has 4 atom stereocenters. The van der Waals surface area contributed by atoms with E-state index in [0.717, 1.165) is 17.8 Å². The molecule has 2 saturated carbocycles. The van der Waals surface area contributed by atoms with Crippen LogP contribution in [0.5, 0.6) is 0 Å². The molecular weight excluding hydrogens is 214 g/mol. The van der Waals surface area contributed by atoms with Crippen molar-refractivity contribution in [3.63, 3.8) is 0 Å². The van der Waals surface area contributed by atoms with Crippen LogP contribution in [0.2, 0.25) is 0 Å². The van der Waals surface area contributed by atoms with Gasteiger partial charge in [0.25, 0.3) is 0 Å². The van der Waals surface area contributed by atoms with Gasteiger partial charge in [0.2, 0.25) is 0 Å². The van der Waals surface area contributed by atoms with E-state index in [1.54, 1.807) is 0 Å². The summed E-state index contributed by atoms with van der Waals surface area (Å²) in [5.74, 6) is 3.10. The summed E-state index contributed by atoms with van der Waals surface area (Å²) in [7, 11) is 0. The van der Waals surface area contributed by atoms with E-state index in [4.69, 9.17) is 0 Å². The molecule has 2 fully saturated rings. The molecule has 2 heteroatoms. The average Bonchev–Trinajstić information content (AvgIpc) is 3.01. The molecule has 4 unspecified atom stereocenters. The fourth-order valence-electron chi connectivity index (χ4n) is 3.59. The minimum absolute atomic E-state index is 0.541. The molecule has 1 heterocycles. The van der Waals surface area contributed by atoms with Gasteiger partial charge in [-0.25, -0.2) is 0 Å². The first-order valence-electron chi connectivity index (χ1n) is 6.59. The number of rotatable bonds is 4. The molecule has 0 radical (unpaired) electrons. The standard InChI is InChI=1S/C14H21NS/c1-10(14-3-2-6-16-14)15-9-13-8-11-4-5-12(13)7-11/h2-3,6,10-13,15H,4-5,7-9H2,1H3. The summed E-state index contributed by atoms with van der Waals surface area (Å²) in [6, 6.07) is 4.93. The second kappa shape index (κ2) is 4.50. The van der Waals surface area contributed by atoms with E-state index >= 15 is 0 Å². The van der Waals surface area contributed by atoms with Gasteiger partial charge in [0.05, 0.1) is 0 Å². The molecule has 1 nitrogen and oxygen atoms in total. The van der Waals surface area contributed by atoms with E-state index in [2.05, 4.69) is 29.8 Å². The van der Waals surface area contributed by atoms with Crippen LogP contribution in [0.1, 0.15) is 43.5 Å². The van der Waals surface area contributed by atoms with E-state index in [0.29, 0.717) is 6.04 Å². The van der Waals surface area contributed by atoms with Crippen LogP contribution in [0, 0.1) is 17.8 Å². The fraction of sp³-hybridized carbons (Fsp3) is 0.714. The summed E-state index contributed by atoms with van der Waals surface area (Å²) < 4.78 is 0. The Morgan fingerprint density at radius 1 is 1.44 bits per heavy atom. The molecule has 0 amide bonds. The molecule has 0 aromatic carbocycles. The van der Waals surface area contributed by atoms with Gasteiger partial charge in [0.15, 0.2) is 0 Å². The summed E-state index contributed by atoms with van der Waals surface area (Å²) in [6.07, 6.45) is 6.04. The smallest absolute Gasteiger partial charge is 0.0386 e. The van der Waals surface area contributed by atoms with E-state index < -0.39 is 0 Å². The molecule has 1 aromatic heterocycles. The number of fused-ring (bicyclic) bond motifs is 2. The first kappa shape index (κ1) is 10.8. The van der Waals surface area contributed by atoms with Crippen molar-refractivity contribution < 1.29 is 0 Å². The molecule has 2 aliphatic rings. The molecule has 3 rings (SSSR count). The lowest BCUT2D eigenvalue weighted by Gasteiger charge is -2.23. The van der Waals surface area contributed by atoms with E-state index in [-0.39, 0.29) is 0 Å². The maximum atomic E-state index is 3.72. The third-order valence-electron chi connectivity index (χ3n) is 4.54. The van der Waals surface area contributed by atoms with E-state index in [1.807, 2.05) is 11.3 Å². The Morgan fingerprint density at radius 2 is 2.38 bits per heavy atom. The molecule has 0 spiro atoms. The van der Waals surface area contributed by atoms with E-state index in [1.165, 1.54) is 37.1 Å². The van der Waals surface area contributed by atoms with Crippen molar-refractivity contribution in [1.29, 1.82) is 0 Å². The van der Waals surface area contributed by atoms with Gasteiger partial charge in [-0.2, -0.15) is 0 Å². The Morgan fingerprint density at radius 3 is 3.00 bits per heavy atom. The zero-order valence-electron chi connectivity index (χ0n) is 9.99. The van der Waals surface area contributed by atoms with Crippen LogP contribution >= 0.6 is 11.3 Å². The fourth-order valence-corrected chi connectivity index (χ4v) is 4.35. The van der Waals surface area contributed by atoms with Crippen LogP contribution in [-0.4, -0.2) is 6.54 Å². The number of nitrogens with one attached hydrogen (secondary N) is 1. The molecule has 16 heavy (non-hydrogen) atoms. The van der Waals surface area contributed by atoms with Gasteiger partial charge in [0.1, 0.15) is 0 Å². The van der Waals surface area contributed by atoms with Crippen molar-refractivity contribution in [2.75, 3.05) is 6.54 Å². The van der Waals surface area contributed by atoms with Gasteiger partial charge >= 0.3 is 0 Å². The molecule has 1 N–H and O–H groups in total. The largest absolute Gasteiger partial charge is 0.309 e. The predicted molar refractivity (Wildman–Crippen MR) is 69.7 cm³/mol. The third kappa shape index (κ3) is 2.05. The maximum Gasteiger partial charge on any atom is 0.0386 e. The van der Waals surface area contributed by atoms with Gasteiger partial charge in [-0.3, -0.25) is 0 Å². The van der Waals surface area contributed by atoms with E-state index in [9.17, 15) is 0 Å². The Bertz CT molecular complexity index is 333. The van der Waals surface area contributed by atoms with Crippen LogP contribution in [0.3, 0.4) is 0 Å². The monoisotopic (exact) mass is 235 g/mol. The average molecular weight is 235 g/mol. The minimum Gasteiger partial charge on any atom is -0.309 e. The van der Waals surface area contributed by atoms with Crippen molar-refractivity contribution >= 4 is 11.3 Å². The maximum absolute atomic E-state index is 3.72. The molecule has 2 aliphatic carbocycles. The molecule has 1 aromatic rings. The highest BCUT2D eigenvalue weighted by Gasteiger charge is 2.39. The van der Waals surface area contributed by atoms with Crippen molar-refractivity contribution in [2.24, 2.45) is 17.8 Å².